The SMILES string of the molecule is C=CC(=O)OC1(C2CC3CCC2C3C)C2CC3CC1CC(C)(C3)C2. The average molecular weight is 328 g/mol. The summed E-state index contributed by atoms with van der Waals surface area (Å²) in [6.07, 6.45) is 12.1. The fourth-order valence-electron chi connectivity index (χ4n) is 8.66. The zero-order valence-corrected chi connectivity index (χ0v) is 15.3. The predicted octanol–water partition coefficient (Wildman–Crippen LogP) is 4.98. The van der Waals surface area contributed by atoms with Gasteiger partial charge in [0.05, 0.1) is 0 Å². The molecule has 6 fully saturated rings. The second kappa shape index (κ2) is 4.89. The first-order chi connectivity index (χ1) is 11.4. The monoisotopic (exact) mass is 328 g/mol. The van der Waals surface area contributed by atoms with E-state index in [4.69, 9.17) is 4.74 Å². The number of esters is 1. The molecule has 6 aliphatic rings. The Morgan fingerprint density at radius 2 is 1.83 bits per heavy atom. The van der Waals surface area contributed by atoms with Crippen LogP contribution in [0.4, 0.5) is 0 Å². The van der Waals surface area contributed by atoms with Crippen molar-refractivity contribution in [1.29, 1.82) is 0 Å². The van der Waals surface area contributed by atoms with Crippen LogP contribution < -0.4 is 0 Å². The van der Waals surface area contributed by atoms with E-state index >= 15 is 0 Å². The first kappa shape index (κ1) is 15.5. The van der Waals surface area contributed by atoms with Crippen LogP contribution in [-0.2, 0) is 9.53 Å². The molecular weight excluding hydrogens is 296 g/mol. The van der Waals surface area contributed by atoms with Gasteiger partial charge in [-0.1, -0.05) is 20.4 Å². The average Bonchev–Trinajstić information content (AvgIpc) is 3.04. The lowest BCUT2D eigenvalue weighted by Crippen LogP contribution is -2.66. The molecule has 0 N–H and O–H groups in total. The van der Waals surface area contributed by atoms with E-state index in [1.54, 1.807) is 0 Å². The van der Waals surface area contributed by atoms with Crippen molar-refractivity contribution >= 4 is 5.97 Å². The topological polar surface area (TPSA) is 26.3 Å². The lowest BCUT2D eigenvalue weighted by Gasteiger charge is -2.66. The second-order valence-electron chi connectivity index (χ2n) is 10.3. The van der Waals surface area contributed by atoms with Crippen molar-refractivity contribution in [1.82, 2.24) is 0 Å². The highest BCUT2D eigenvalue weighted by atomic mass is 16.6. The Morgan fingerprint density at radius 1 is 1.12 bits per heavy atom. The Hall–Kier alpha value is -0.790. The van der Waals surface area contributed by atoms with Gasteiger partial charge in [0.1, 0.15) is 5.60 Å². The van der Waals surface area contributed by atoms with Crippen LogP contribution in [0.3, 0.4) is 0 Å². The molecule has 0 amide bonds. The standard InChI is InChI=1S/C22H32O2/c1-4-20(23)24-22(19-9-15-5-6-18(19)13(15)2)16-7-14-8-17(22)12-21(3,10-14)11-16/h4,13-19H,1,5-12H2,2-3H3. The molecule has 0 aromatic rings. The highest BCUT2D eigenvalue weighted by Gasteiger charge is 2.68. The summed E-state index contributed by atoms with van der Waals surface area (Å²) >= 11 is 0. The van der Waals surface area contributed by atoms with Crippen LogP contribution in [0.25, 0.3) is 0 Å². The summed E-state index contributed by atoms with van der Waals surface area (Å²) in [7, 11) is 0. The highest BCUT2D eigenvalue weighted by molar-refractivity contribution is 5.81. The quantitative estimate of drug-likeness (QED) is 0.539. The summed E-state index contributed by atoms with van der Waals surface area (Å²) in [6, 6.07) is 0. The van der Waals surface area contributed by atoms with Gasteiger partial charge in [-0.3, -0.25) is 0 Å². The van der Waals surface area contributed by atoms with Crippen LogP contribution in [0.5, 0.6) is 0 Å². The van der Waals surface area contributed by atoms with E-state index in [-0.39, 0.29) is 11.6 Å². The molecule has 6 atom stereocenters. The zero-order valence-electron chi connectivity index (χ0n) is 15.3. The van der Waals surface area contributed by atoms with Gasteiger partial charge in [0.2, 0.25) is 0 Å². The first-order valence-corrected chi connectivity index (χ1v) is 10.3. The smallest absolute Gasteiger partial charge is 0.330 e. The van der Waals surface area contributed by atoms with Gasteiger partial charge in [-0.25, -0.2) is 4.79 Å². The third kappa shape index (κ3) is 1.86. The number of carbonyl (C=O) groups is 1. The van der Waals surface area contributed by atoms with Gasteiger partial charge in [-0.2, -0.15) is 0 Å². The number of rotatable bonds is 3. The van der Waals surface area contributed by atoms with Crippen molar-refractivity contribution < 1.29 is 9.53 Å². The van der Waals surface area contributed by atoms with Crippen LogP contribution in [0.1, 0.15) is 65.2 Å². The van der Waals surface area contributed by atoms with E-state index in [0.29, 0.717) is 23.2 Å². The molecule has 132 valence electrons. The van der Waals surface area contributed by atoms with Crippen molar-refractivity contribution in [3.63, 3.8) is 0 Å². The third-order valence-corrected chi connectivity index (χ3v) is 9.16. The Balaban J connectivity index is 1.56. The van der Waals surface area contributed by atoms with Gasteiger partial charge in [-0.15, -0.1) is 0 Å². The summed E-state index contributed by atoms with van der Waals surface area (Å²) in [5.74, 6) is 5.06. The van der Waals surface area contributed by atoms with Gasteiger partial charge < -0.3 is 4.74 Å². The van der Waals surface area contributed by atoms with E-state index in [1.807, 2.05) is 0 Å². The van der Waals surface area contributed by atoms with Crippen LogP contribution in [0, 0.1) is 46.8 Å². The molecule has 0 spiro atoms. The molecule has 6 aliphatic carbocycles. The zero-order chi connectivity index (χ0) is 16.7. The molecule has 6 saturated carbocycles. The largest absolute Gasteiger partial charge is 0.455 e. The maximum Gasteiger partial charge on any atom is 0.330 e. The first-order valence-electron chi connectivity index (χ1n) is 10.3. The molecular formula is C22H32O2. The van der Waals surface area contributed by atoms with E-state index < -0.39 is 0 Å². The number of carbonyl (C=O) groups excluding carboxylic acids is 1. The minimum Gasteiger partial charge on any atom is -0.455 e. The van der Waals surface area contributed by atoms with E-state index in [2.05, 4.69) is 20.4 Å². The minimum absolute atomic E-state index is 0.157. The summed E-state index contributed by atoms with van der Waals surface area (Å²) in [6.45, 7) is 8.67. The van der Waals surface area contributed by atoms with Crippen molar-refractivity contribution in [3.05, 3.63) is 12.7 Å². The normalized spacial score (nSPS) is 57.3. The van der Waals surface area contributed by atoms with Crippen LogP contribution in [0.2, 0.25) is 0 Å². The Morgan fingerprint density at radius 3 is 2.33 bits per heavy atom. The number of ether oxygens (including phenoxy) is 1. The number of hydrogen-bond acceptors (Lipinski definition) is 2. The van der Waals surface area contributed by atoms with Crippen molar-refractivity contribution in [3.8, 4) is 0 Å². The highest BCUT2D eigenvalue weighted by Crippen LogP contribution is 2.70. The molecule has 2 heteroatoms. The molecule has 24 heavy (non-hydrogen) atoms. The Labute approximate surface area is 146 Å². The fraction of sp³-hybridized carbons (Fsp3) is 0.864. The molecule has 6 bridgehead atoms. The molecule has 0 aromatic heterocycles. The summed E-state index contributed by atoms with van der Waals surface area (Å²) in [4.78, 5) is 12.4. The van der Waals surface area contributed by atoms with Crippen molar-refractivity contribution in [2.75, 3.05) is 0 Å². The predicted molar refractivity (Wildman–Crippen MR) is 94.2 cm³/mol. The van der Waals surface area contributed by atoms with Crippen molar-refractivity contribution in [2.45, 2.75) is 70.8 Å². The number of hydrogen-bond donors (Lipinski definition) is 0. The molecule has 6 unspecified atom stereocenters. The summed E-state index contributed by atoms with van der Waals surface area (Å²) in [5, 5.41) is 0. The van der Waals surface area contributed by atoms with Gasteiger partial charge >= 0.3 is 5.97 Å². The van der Waals surface area contributed by atoms with Gasteiger partial charge in [0, 0.05) is 23.8 Å². The maximum absolute atomic E-state index is 12.4. The minimum atomic E-state index is -0.164. The van der Waals surface area contributed by atoms with Crippen LogP contribution in [0.15, 0.2) is 12.7 Å². The second-order valence-corrected chi connectivity index (χ2v) is 10.3. The van der Waals surface area contributed by atoms with Gasteiger partial charge in [0.25, 0.3) is 0 Å². The maximum atomic E-state index is 12.4. The lowest BCUT2D eigenvalue weighted by atomic mass is 9.42. The Kier molecular flexibility index (Phi) is 3.15. The lowest BCUT2D eigenvalue weighted by molar-refractivity contribution is -0.245. The van der Waals surface area contributed by atoms with E-state index in [9.17, 15) is 4.79 Å². The van der Waals surface area contributed by atoms with E-state index in [1.165, 1.54) is 57.4 Å². The van der Waals surface area contributed by atoms with Gasteiger partial charge in [0.15, 0.2) is 0 Å². The third-order valence-electron chi connectivity index (χ3n) is 9.16. The Bertz CT molecular complexity index is 563. The molecule has 0 aliphatic heterocycles. The molecule has 2 nitrogen and oxygen atoms in total. The molecule has 0 heterocycles. The van der Waals surface area contributed by atoms with Gasteiger partial charge in [-0.05, 0) is 80.5 Å². The van der Waals surface area contributed by atoms with E-state index in [0.717, 1.165) is 23.7 Å². The summed E-state index contributed by atoms with van der Waals surface area (Å²) < 4.78 is 6.44. The fourth-order valence-corrected chi connectivity index (χ4v) is 8.66. The molecule has 0 radical (unpaired) electrons. The molecule has 0 saturated heterocycles. The summed E-state index contributed by atoms with van der Waals surface area (Å²) in [5.41, 5.74) is 0.361. The molecule has 0 aromatic carbocycles. The van der Waals surface area contributed by atoms with Crippen molar-refractivity contribution in [2.24, 2.45) is 46.8 Å². The number of fused-ring (bicyclic) bond motifs is 2. The van der Waals surface area contributed by atoms with Crippen LogP contribution >= 0.6 is 0 Å². The van der Waals surface area contributed by atoms with Crippen LogP contribution in [-0.4, -0.2) is 11.6 Å². The molecule has 6 rings (SSSR count).